The van der Waals surface area contributed by atoms with Gasteiger partial charge in [-0.1, -0.05) is 29.3 Å². The molecule has 1 unspecified atom stereocenters. The standard InChI is InChI=1S/C14H20BrN3O2/c1-3-4-5-11-9(2)16-14(17-13(11)20)18-8-10(7-15)6-12(18)19/h10H,3-8H2,1-2H3,(H,16,17,20). The number of carbonyl (C=O) groups is 1. The summed E-state index contributed by atoms with van der Waals surface area (Å²) < 4.78 is 0. The molecule has 20 heavy (non-hydrogen) atoms. The lowest BCUT2D eigenvalue weighted by Crippen LogP contribution is -2.30. The maximum atomic E-state index is 12.1. The van der Waals surface area contributed by atoms with E-state index in [2.05, 4.69) is 32.8 Å². The summed E-state index contributed by atoms with van der Waals surface area (Å²) in [5, 5.41) is 0.785. The largest absolute Gasteiger partial charge is 0.292 e. The summed E-state index contributed by atoms with van der Waals surface area (Å²) in [6.07, 6.45) is 3.26. The van der Waals surface area contributed by atoms with Crippen molar-refractivity contribution in [2.45, 2.75) is 39.5 Å². The summed E-state index contributed by atoms with van der Waals surface area (Å²) >= 11 is 3.40. The van der Waals surface area contributed by atoms with Crippen LogP contribution in [0.4, 0.5) is 5.95 Å². The fraction of sp³-hybridized carbons (Fsp3) is 0.643. The number of nitrogens with one attached hydrogen (secondary N) is 1. The fourth-order valence-electron chi connectivity index (χ4n) is 2.46. The number of unbranched alkanes of at least 4 members (excludes halogenated alkanes) is 1. The highest BCUT2D eigenvalue weighted by molar-refractivity contribution is 9.09. The fourth-order valence-corrected chi connectivity index (χ4v) is 2.89. The second-order valence-corrected chi connectivity index (χ2v) is 5.93. The van der Waals surface area contributed by atoms with E-state index in [1.807, 2.05) is 6.92 Å². The van der Waals surface area contributed by atoms with Crippen LogP contribution in [-0.4, -0.2) is 27.7 Å². The molecule has 0 saturated carbocycles. The minimum absolute atomic E-state index is 0.0262. The molecule has 1 atom stereocenters. The lowest BCUT2D eigenvalue weighted by atomic mass is 10.1. The van der Waals surface area contributed by atoms with Crippen LogP contribution in [0.25, 0.3) is 0 Å². The van der Waals surface area contributed by atoms with E-state index in [1.165, 1.54) is 0 Å². The Morgan fingerprint density at radius 2 is 2.20 bits per heavy atom. The van der Waals surface area contributed by atoms with E-state index >= 15 is 0 Å². The molecule has 0 aliphatic carbocycles. The highest BCUT2D eigenvalue weighted by atomic mass is 79.9. The van der Waals surface area contributed by atoms with Gasteiger partial charge in [0.25, 0.3) is 5.56 Å². The van der Waals surface area contributed by atoms with Gasteiger partial charge >= 0.3 is 0 Å². The topological polar surface area (TPSA) is 66.1 Å². The third-order valence-corrected chi connectivity index (χ3v) is 4.58. The molecule has 1 fully saturated rings. The molecule has 5 nitrogen and oxygen atoms in total. The van der Waals surface area contributed by atoms with Crippen LogP contribution in [0.3, 0.4) is 0 Å². The SMILES string of the molecule is CCCCc1c(C)nc(N2CC(CBr)CC2=O)[nH]c1=O. The zero-order valence-electron chi connectivity index (χ0n) is 11.9. The zero-order valence-corrected chi connectivity index (χ0v) is 13.5. The van der Waals surface area contributed by atoms with Crippen molar-refractivity contribution in [2.24, 2.45) is 5.92 Å². The zero-order chi connectivity index (χ0) is 14.7. The minimum Gasteiger partial charge on any atom is -0.292 e. The molecule has 110 valence electrons. The van der Waals surface area contributed by atoms with Gasteiger partial charge in [0.05, 0.1) is 0 Å². The van der Waals surface area contributed by atoms with E-state index < -0.39 is 0 Å². The molecule has 1 aliphatic heterocycles. The Hall–Kier alpha value is -1.17. The van der Waals surface area contributed by atoms with Crippen LogP contribution in [0.5, 0.6) is 0 Å². The molecule has 1 aromatic heterocycles. The number of amides is 1. The van der Waals surface area contributed by atoms with E-state index in [-0.39, 0.29) is 17.4 Å². The minimum atomic E-state index is -0.115. The lowest BCUT2D eigenvalue weighted by Gasteiger charge is -2.16. The third kappa shape index (κ3) is 3.11. The lowest BCUT2D eigenvalue weighted by molar-refractivity contribution is -0.117. The summed E-state index contributed by atoms with van der Waals surface area (Å²) in [5.74, 6) is 0.701. The summed E-state index contributed by atoms with van der Waals surface area (Å²) in [4.78, 5) is 32.9. The van der Waals surface area contributed by atoms with E-state index in [1.54, 1.807) is 4.90 Å². The number of H-pyrrole nitrogens is 1. The molecule has 1 aliphatic rings. The van der Waals surface area contributed by atoms with E-state index in [0.29, 0.717) is 18.9 Å². The third-order valence-electron chi connectivity index (χ3n) is 3.67. The summed E-state index contributed by atoms with van der Waals surface area (Å²) in [7, 11) is 0. The molecule has 2 heterocycles. The van der Waals surface area contributed by atoms with E-state index in [0.717, 1.165) is 35.8 Å². The maximum Gasteiger partial charge on any atom is 0.255 e. The number of aryl methyl sites for hydroxylation is 1. The average molecular weight is 342 g/mol. The van der Waals surface area contributed by atoms with Crippen LogP contribution in [0.2, 0.25) is 0 Å². The first-order chi connectivity index (χ1) is 9.56. The van der Waals surface area contributed by atoms with Crippen LogP contribution in [0, 0.1) is 12.8 Å². The monoisotopic (exact) mass is 341 g/mol. The quantitative estimate of drug-likeness (QED) is 0.834. The predicted molar refractivity (Wildman–Crippen MR) is 82.5 cm³/mol. The molecule has 6 heteroatoms. The Morgan fingerprint density at radius 1 is 1.45 bits per heavy atom. The summed E-state index contributed by atoms with van der Waals surface area (Å²) in [5.41, 5.74) is 1.35. The predicted octanol–water partition coefficient (Wildman–Crippen LogP) is 2.17. The Labute approximate surface area is 126 Å². The number of anilines is 1. The number of rotatable bonds is 5. The van der Waals surface area contributed by atoms with E-state index in [4.69, 9.17) is 0 Å². The second kappa shape index (κ2) is 6.52. The molecular weight excluding hydrogens is 322 g/mol. The molecule has 1 N–H and O–H groups in total. The van der Waals surface area contributed by atoms with Gasteiger partial charge in [0.2, 0.25) is 11.9 Å². The van der Waals surface area contributed by atoms with Crippen molar-refractivity contribution in [3.63, 3.8) is 0 Å². The number of aromatic nitrogens is 2. The van der Waals surface area contributed by atoms with Crippen molar-refractivity contribution >= 4 is 27.8 Å². The molecule has 1 saturated heterocycles. The van der Waals surface area contributed by atoms with Crippen molar-refractivity contribution in [3.05, 3.63) is 21.6 Å². The number of aromatic amines is 1. The van der Waals surface area contributed by atoms with Gasteiger partial charge in [-0.15, -0.1) is 0 Å². The van der Waals surface area contributed by atoms with Gasteiger partial charge in [-0.3, -0.25) is 19.5 Å². The van der Waals surface area contributed by atoms with Crippen LogP contribution in [0.15, 0.2) is 4.79 Å². The van der Waals surface area contributed by atoms with Gasteiger partial charge in [-0.05, 0) is 25.7 Å². The van der Waals surface area contributed by atoms with Crippen LogP contribution >= 0.6 is 15.9 Å². The van der Waals surface area contributed by atoms with Gasteiger partial charge < -0.3 is 0 Å². The van der Waals surface area contributed by atoms with Crippen molar-refractivity contribution < 1.29 is 4.79 Å². The number of nitrogens with zero attached hydrogens (tertiary/aromatic N) is 2. The number of hydrogen-bond acceptors (Lipinski definition) is 3. The Morgan fingerprint density at radius 3 is 2.75 bits per heavy atom. The van der Waals surface area contributed by atoms with Gasteiger partial charge in [-0.2, -0.15) is 0 Å². The normalized spacial score (nSPS) is 18.9. The van der Waals surface area contributed by atoms with E-state index in [9.17, 15) is 9.59 Å². The number of alkyl halides is 1. The Kier molecular flexibility index (Phi) is 4.96. The summed E-state index contributed by atoms with van der Waals surface area (Å²) in [6.45, 7) is 4.54. The van der Waals surface area contributed by atoms with Gasteiger partial charge in [0.15, 0.2) is 0 Å². The van der Waals surface area contributed by atoms with Gasteiger partial charge in [0, 0.05) is 29.6 Å². The first-order valence-electron chi connectivity index (χ1n) is 7.03. The molecule has 1 amide bonds. The molecule has 2 rings (SSSR count). The van der Waals surface area contributed by atoms with Crippen molar-refractivity contribution in [1.82, 2.24) is 9.97 Å². The molecule has 0 aromatic carbocycles. The van der Waals surface area contributed by atoms with Crippen LogP contribution in [-0.2, 0) is 11.2 Å². The molecule has 0 radical (unpaired) electrons. The van der Waals surface area contributed by atoms with Gasteiger partial charge in [-0.25, -0.2) is 4.98 Å². The van der Waals surface area contributed by atoms with Crippen molar-refractivity contribution in [3.8, 4) is 0 Å². The maximum absolute atomic E-state index is 12.1. The summed E-state index contributed by atoms with van der Waals surface area (Å²) in [6, 6.07) is 0. The molecule has 0 bridgehead atoms. The Bertz CT molecular complexity index is 556. The molecular formula is C14H20BrN3O2. The average Bonchev–Trinajstić information content (AvgIpc) is 2.79. The first-order valence-corrected chi connectivity index (χ1v) is 8.15. The smallest absolute Gasteiger partial charge is 0.255 e. The highest BCUT2D eigenvalue weighted by Gasteiger charge is 2.31. The number of halogens is 1. The van der Waals surface area contributed by atoms with Crippen molar-refractivity contribution in [2.75, 3.05) is 16.8 Å². The van der Waals surface area contributed by atoms with Crippen molar-refractivity contribution in [1.29, 1.82) is 0 Å². The molecule has 0 spiro atoms. The first kappa shape index (κ1) is 15.2. The second-order valence-electron chi connectivity index (χ2n) is 5.29. The van der Waals surface area contributed by atoms with Gasteiger partial charge in [0.1, 0.15) is 0 Å². The highest BCUT2D eigenvalue weighted by Crippen LogP contribution is 2.23. The number of carbonyl (C=O) groups excluding carboxylic acids is 1. The molecule has 1 aromatic rings. The van der Waals surface area contributed by atoms with Crippen LogP contribution in [0.1, 0.15) is 37.4 Å². The number of hydrogen-bond donors (Lipinski definition) is 1. The van der Waals surface area contributed by atoms with Crippen LogP contribution < -0.4 is 10.5 Å². The Balaban J connectivity index is 2.26.